The zero-order valence-corrected chi connectivity index (χ0v) is 9.28. The standard InChI is InChI=1S/C10H17NOS/c1-4-12-6-9(11)10-5-7(2)8(3)13-10/h5,9H,4,6,11H2,1-3H3. The van der Waals surface area contributed by atoms with Gasteiger partial charge in [0.25, 0.3) is 0 Å². The van der Waals surface area contributed by atoms with Crippen molar-refractivity contribution in [1.29, 1.82) is 0 Å². The molecule has 0 spiro atoms. The Morgan fingerprint density at radius 3 is 2.69 bits per heavy atom. The van der Waals surface area contributed by atoms with Crippen LogP contribution in [0.25, 0.3) is 0 Å². The molecule has 0 saturated carbocycles. The minimum absolute atomic E-state index is 0.0392. The first-order valence-corrected chi connectivity index (χ1v) is 5.37. The van der Waals surface area contributed by atoms with Crippen molar-refractivity contribution in [3.8, 4) is 0 Å². The highest BCUT2D eigenvalue weighted by molar-refractivity contribution is 7.12. The molecule has 1 aromatic rings. The van der Waals surface area contributed by atoms with Crippen LogP contribution in [-0.4, -0.2) is 13.2 Å². The first kappa shape index (κ1) is 10.7. The second kappa shape index (κ2) is 4.74. The Labute approximate surface area is 83.7 Å². The smallest absolute Gasteiger partial charge is 0.0667 e. The van der Waals surface area contributed by atoms with Crippen LogP contribution in [0.4, 0.5) is 0 Å². The monoisotopic (exact) mass is 199 g/mol. The normalized spacial score (nSPS) is 13.2. The van der Waals surface area contributed by atoms with Gasteiger partial charge < -0.3 is 10.5 Å². The van der Waals surface area contributed by atoms with Crippen LogP contribution in [0.2, 0.25) is 0 Å². The Balaban J connectivity index is 2.60. The SMILES string of the molecule is CCOCC(N)c1cc(C)c(C)s1. The fraction of sp³-hybridized carbons (Fsp3) is 0.600. The van der Waals surface area contributed by atoms with Crippen molar-refractivity contribution in [2.45, 2.75) is 26.8 Å². The van der Waals surface area contributed by atoms with E-state index in [9.17, 15) is 0 Å². The Morgan fingerprint density at radius 2 is 2.23 bits per heavy atom. The minimum atomic E-state index is 0.0392. The summed E-state index contributed by atoms with van der Waals surface area (Å²) in [5.41, 5.74) is 7.27. The zero-order valence-electron chi connectivity index (χ0n) is 8.46. The van der Waals surface area contributed by atoms with Gasteiger partial charge in [-0.05, 0) is 32.4 Å². The molecule has 3 heteroatoms. The van der Waals surface area contributed by atoms with Gasteiger partial charge in [0, 0.05) is 16.4 Å². The highest BCUT2D eigenvalue weighted by atomic mass is 32.1. The van der Waals surface area contributed by atoms with E-state index in [2.05, 4.69) is 19.9 Å². The third-order valence-electron chi connectivity index (χ3n) is 2.05. The molecule has 0 radical (unpaired) electrons. The molecular formula is C10H17NOS. The molecule has 1 aromatic heterocycles. The van der Waals surface area contributed by atoms with Crippen LogP contribution in [0.15, 0.2) is 6.07 Å². The third kappa shape index (κ3) is 2.79. The maximum atomic E-state index is 5.95. The largest absolute Gasteiger partial charge is 0.380 e. The summed E-state index contributed by atoms with van der Waals surface area (Å²) in [6, 6.07) is 2.20. The van der Waals surface area contributed by atoms with E-state index in [0.717, 1.165) is 6.61 Å². The van der Waals surface area contributed by atoms with Crippen molar-refractivity contribution in [3.63, 3.8) is 0 Å². The Bertz CT molecular complexity index is 250. The van der Waals surface area contributed by atoms with E-state index < -0.39 is 0 Å². The molecule has 0 bridgehead atoms. The van der Waals surface area contributed by atoms with Crippen LogP contribution in [-0.2, 0) is 4.74 Å². The Morgan fingerprint density at radius 1 is 1.54 bits per heavy atom. The molecule has 2 N–H and O–H groups in total. The van der Waals surface area contributed by atoms with Gasteiger partial charge in [-0.15, -0.1) is 11.3 Å². The first-order valence-electron chi connectivity index (χ1n) is 4.55. The van der Waals surface area contributed by atoms with E-state index in [1.54, 1.807) is 11.3 Å². The lowest BCUT2D eigenvalue weighted by molar-refractivity contribution is 0.134. The number of aryl methyl sites for hydroxylation is 2. The number of hydrogen-bond acceptors (Lipinski definition) is 3. The van der Waals surface area contributed by atoms with Gasteiger partial charge in [0.2, 0.25) is 0 Å². The summed E-state index contributed by atoms with van der Waals surface area (Å²) < 4.78 is 5.28. The van der Waals surface area contributed by atoms with Gasteiger partial charge in [0.15, 0.2) is 0 Å². The Kier molecular flexibility index (Phi) is 3.90. The molecule has 2 nitrogen and oxygen atoms in total. The lowest BCUT2D eigenvalue weighted by atomic mass is 10.2. The van der Waals surface area contributed by atoms with Gasteiger partial charge >= 0.3 is 0 Å². The highest BCUT2D eigenvalue weighted by Gasteiger charge is 2.09. The molecule has 1 heterocycles. The summed E-state index contributed by atoms with van der Waals surface area (Å²) in [5.74, 6) is 0. The molecule has 0 aliphatic heterocycles. The predicted molar refractivity (Wildman–Crippen MR) is 57.2 cm³/mol. The first-order chi connectivity index (χ1) is 6.15. The van der Waals surface area contributed by atoms with Gasteiger partial charge in [0.1, 0.15) is 0 Å². The summed E-state index contributed by atoms with van der Waals surface area (Å²) in [6.07, 6.45) is 0. The molecule has 74 valence electrons. The van der Waals surface area contributed by atoms with Crippen molar-refractivity contribution in [2.75, 3.05) is 13.2 Å². The number of thiophene rings is 1. The topological polar surface area (TPSA) is 35.2 Å². The zero-order chi connectivity index (χ0) is 9.84. The molecule has 1 atom stereocenters. The molecular weight excluding hydrogens is 182 g/mol. The van der Waals surface area contributed by atoms with Crippen LogP contribution < -0.4 is 5.73 Å². The van der Waals surface area contributed by atoms with E-state index in [0.29, 0.717) is 6.61 Å². The summed E-state index contributed by atoms with van der Waals surface area (Å²) in [7, 11) is 0. The minimum Gasteiger partial charge on any atom is -0.380 e. The van der Waals surface area contributed by atoms with Gasteiger partial charge in [-0.1, -0.05) is 0 Å². The highest BCUT2D eigenvalue weighted by Crippen LogP contribution is 2.25. The van der Waals surface area contributed by atoms with Crippen LogP contribution in [0, 0.1) is 13.8 Å². The van der Waals surface area contributed by atoms with Gasteiger partial charge in [-0.3, -0.25) is 0 Å². The third-order valence-corrected chi connectivity index (χ3v) is 3.34. The maximum absolute atomic E-state index is 5.95. The van der Waals surface area contributed by atoms with E-state index in [-0.39, 0.29) is 6.04 Å². The van der Waals surface area contributed by atoms with E-state index >= 15 is 0 Å². The number of rotatable bonds is 4. The summed E-state index contributed by atoms with van der Waals surface area (Å²) in [4.78, 5) is 2.57. The molecule has 0 aromatic carbocycles. The summed E-state index contributed by atoms with van der Waals surface area (Å²) >= 11 is 1.77. The lowest BCUT2D eigenvalue weighted by Gasteiger charge is -2.08. The van der Waals surface area contributed by atoms with Gasteiger partial charge in [-0.25, -0.2) is 0 Å². The fourth-order valence-corrected chi connectivity index (χ4v) is 2.14. The Hall–Kier alpha value is -0.380. The number of ether oxygens (including phenoxy) is 1. The van der Waals surface area contributed by atoms with Crippen LogP contribution in [0.3, 0.4) is 0 Å². The molecule has 1 rings (SSSR count). The average molecular weight is 199 g/mol. The van der Waals surface area contributed by atoms with Crippen molar-refractivity contribution in [3.05, 3.63) is 21.4 Å². The van der Waals surface area contributed by atoms with Gasteiger partial charge in [0.05, 0.1) is 12.6 Å². The van der Waals surface area contributed by atoms with E-state index in [1.165, 1.54) is 15.3 Å². The molecule has 0 saturated heterocycles. The van der Waals surface area contributed by atoms with Crippen LogP contribution >= 0.6 is 11.3 Å². The van der Waals surface area contributed by atoms with E-state index in [4.69, 9.17) is 10.5 Å². The fourth-order valence-electron chi connectivity index (χ4n) is 1.11. The number of nitrogens with two attached hydrogens (primary N) is 1. The molecule has 0 fully saturated rings. The lowest BCUT2D eigenvalue weighted by Crippen LogP contribution is -2.15. The van der Waals surface area contributed by atoms with Crippen molar-refractivity contribution < 1.29 is 4.74 Å². The number of hydrogen-bond donors (Lipinski definition) is 1. The average Bonchev–Trinajstić information content (AvgIpc) is 2.43. The van der Waals surface area contributed by atoms with Crippen LogP contribution in [0.5, 0.6) is 0 Å². The van der Waals surface area contributed by atoms with Crippen molar-refractivity contribution >= 4 is 11.3 Å². The quantitative estimate of drug-likeness (QED) is 0.808. The second-order valence-electron chi connectivity index (χ2n) is 3.15. The predicted octanol–water partition coefficient (Wildman–Crippen LogP) is 2.40. The van der Waals surface area contributed by atoms with Crippen molar-refractivity contribution in [2.24, 2.45) is 5.73 Å². The molecule has 13 heavy (non-hydrogen) atoms. The summed E-state index contributed by atoms with van der Waals surface area (Å²) in [5, 5.41) is 0. The molecule has 0 aliphatic carbocycles. The van der Waals surface area contributed by atoms with Crippen LogP contribution in [0.1, 0.15) is 28.3 Å². The molecule has 0 aliphatic rings. The van der Waals surface area contributed by atoms with Crippen molar-refractivity contribution in [1.82, 2.24) is 0 Å². The summed E-state index contributed by atoms with van der Waals surface area (Å²) in [6.45, 7) is 7.57. The maximum Gasteiger partial charge on any atom is 0.0667 e. The molecule has 1 unspecified atom stereocenters. The van der Waals surface area contributed by atoms with Gasteiger partial charge in [-0.2, -0.15) is 0 Å². The second-order valence-corrected chi connectivity index (χ2v) is 4.44. The molecule has 0 amide bonds. The van der Waals surface area contributed by atoms with E-state index in [1.807, 2.05) is 6.92 Å².